The van der Waals surface area contributed by atoms with E-state index in [2.05, 4.69) is 4.99 Å². The molecule has 7 nitrogen and oxygen atoms in total. The van der Waals surface area contributed by atoms with E-state index in [1.807, 2.05) is 16.7 Å². The van der Waals surface area contributed by atoms with E-state index in [0.29, 0.717) is 49.1 Å². The van der Waals surface area contributed by atoms with E-state index in [1.54, 1.807) is 13.8 Å². The fraction of sp³-hybridized carbons (Fsp3) is 0.471. The average molecular weight is 364 g/mol. The highest BCUT2D eigenvalue weighted by molar-refractivity contribution is 7.16. The molecule has 0 unspecified atom stereocenters. The summed E-state index contributed by atoms with van der Waals surface area (Å²) in [5, 5.41) is 0. The zero-order valence-corrected chi connectivity index (χ0v) is 15.1. The van der Waals surface area contributed by atoms with Gasteiger partial charge in [-0.15, -0.1) is 0 Å². The van der Waals surface area contributed by atoms with Crippen molar-refractivity contribution in [3.63, 3.8) is 0 Å². The van der Waals surface area contributed by atoms with Crippen LogP contribution in [0.1, 0.15) is 26.7 Å². The van der Waals surface area contributed by atoms with Crippen LogP contribution in [0.4, 0.5) is 0 Å². The van der Waals surface area contributed by atoms with Crippen molar-refractivity contribution < 1.29 is 23.8 Å². The molecule has 2 aromatic rings. The number of amides is 1. The first-order chi connectivity index (χ1) is 12.1. The van der Waals surface area contributed by atoms with Gasteiger partial charge < -0.3 is 18.8 Å². The second-order valence-electron chi connectivity index (χ2n) is 5.41. The Kier molecular flexibility index (Phi) is 5.37. The largest absolute Gasteiger partial charge is 0.486 e. The Hall–Kier alpha value is -2.35. The van der Waals surface area contributed by atoms with Crippen molar-refractivity contribution in [3.8, 4) is 11.5 Å². The molecule has 0 aliphatic carbocycles. The van der Waals surface area contributed by atoms with Gasteiger partial charge in [0.05, 0.1) is 23.2 Å². The molecule has 0 radical (unpaired) electrons. The van der Waals surface area contributed by atoms with Gasteiger partial charge in [-0.05, 0) is 6.92 Å². The van der Waals surface area contributed by atoms with Crippen molar-refractivity contribution in [1.82, 2.24) is 4.57 Å². The third-order valence-electron chi connectivity index (χ3n) is 3.71. The van der Waals surface area contributed by atoms with Gasteiger partial charge in [0.1, 0.15) is 13.2 Å². The standard InChI is InChI=1S/C17H20N2O5S/c1-3-15(20)18-17-19(6-5-16(21)22-4-2)11-9-12-13(10-14(11)25-17)24-8-7-23-12/h9-10H,3-8H2,1-2H3. The fourth-order valence-corrected chi connectivity index (χ4v) is 3.61. The van der Waals surface area contributed by atoms with Gasteiger partial charge in [0.25, 0.3) is 0 Å². The van der Waals surface area contributed by atoms with Crippen molar-refractivity contribution >= 4 is 33.4 Å². The first-order valence-electron chi connectivity index (χ1n) is 8.28. The van der Waals surface area contributed by atoms with Crippen molar-refractivity contribution in [2.45, 2.75) is 33.2 Å². The Morgan fingerprint density at radius 3 is 2.64 bits per heavy atom. The van der Waals surface area contributed by atoms with Crippen LogP contribution in [0, 0.1) is 0 Å². The van der Waals surface area contributed by atoms with E-state index >= 15 is 0 Å². The summed E-state index contributed by atoms with van der Waals surface area (Å²) in [6, 6.07) is 3.77. The molecule has 8 heteroatoms. The zero-order chi connectivity index (χ0) is 17.8. The molecular weight excluding hydrogens is 344 g/mol. The minimum absolute atomic E-state index is 0.200. The molecule has 0 bridgehead atoms. The number of thiazole rings is 1. The van der Waals surface area contributed by atoms with Crippen molar-refractivity contribution in [2.75, 3.05) is 19.8 Å². The molecule has 1 amide bonds. The number of rotatable bonds is 5. The van der Waals surface area contributed by atoms with E-state index < -0.39 is 0 Å². The summed E-state index contributed by atoms with van der Waals surface area (Å²) in [5.41, 5.74) is 0.862. The molecule has 2 heterocycles. The smallest absolute Gasteiger partial charge is 0.307 e. The Labute approximate surface area is 148 Å². The highest BCUT2D eigenvalue weighted by Gasteiger charge is 2.17. The van der Waals surface area contributed by atoms with Gasteiger partial charge in [0, 0.05) is 25.1 Å². The molecule has 0 N–H and O–H groups in total. The molecule has 1 aliphatic rings. The number of fused-ring (bicyclic) bond motifs is 2. The summed E-state index contributed by atoms with van der Waals surface area (Å²) in [6.45, 7) is 5.28. The Bertz CT molecular complexity index is 868. The first-order valence-corrected chi connectivity index (χ1v) is 9.10. The van der Waals surface area contributed by atoms with E-state index in [4.69, 9.17) is 14.2 Å². The predicted octanol–water partition coefficient (Wildman–Crippen LogP) is 2.26. The minimum atomic E-state index is -0.278. The van der Waals surface area contributed by atoms with E-state index in [1.165, 1.54) is 11.3 Å². The lowest BCUT2D eigenvalue weighted by Gasteiger charge is -2.18. The Balaban J connectivity index is 2.05. The summed E-state index contributed by atoms with van der Waals surface area (Å²) in [4.78, 5) is 28.3. The molecule has 25 heavy (non-hydrogen) atoms. The van der Waals surface area contributed by atoms with Crippen LogP contribution >= 0.6 is 11.3 Å². The number of carbonyl (C=O) groups is 2. The molecule has 1 aromatic carbocycles. The van der Waals surface area contributed by atoms with Gasteiger partial charge in [0.2, 0.25) is 5.91 Å². The lowest BCUT2D eigenvalue weighted by atomic mass is 10.2. The number of benzene rings is 1. The first kappa shape index (κ1) is 17.5. The van der Waals surface area contributed by atoms with E-state index in [0.717, 1.165) is 10.2 Å². The second-order valence-corrected chi connectivity index (χ2v) is 6.42. The SMILES string of the molecule is CCOC(=O)CCn1c(=NC(=O)CC)sc2cc3c(cc21)OCCO3. The molecule has 3 rings (SSSR count). The number of aromatic nitrogens is 1. The van der Waals surface area contributed by atoms with E-state index in [9.17, 15) is 9.59 Å². The number of carbonyl (C=O) groups excluding carboxylic acids is 2. The van der Waals surface area contributed by atoms with Crippen LogP contribution < -0.4 is 14.3 Å². The quantitative estimate of drug-likeness (QED) is 0.761. The van der Waals surface area contributed by atoms with Gasteiger partial charge in [-0.25, -0.2) is 0 Å². The van der Waals surface area contributed by atoms with Gasteiger partial charge in [-0.1, -0.05) is 18.3 Å². The van der Waals surface area contributed by atoms with Crippen LogP contribution in [0.3, 0.4) is 0 Å². The summed E-state index contributed by atoms with van der Waals surface area (Å²) in [7, 11) is 0. The molecule has 134 valence electrons. The average Bonchev–Trinajstić information content (AvgIpc) is 2.94. The number of hydrogen-bond donors (Lipinski definition) is 0. The van der Waals surface area contributed by atoms with Gasteiger partial charge in [0.15, 0.2) is 16.3 Å². The predicted molar refractivity (Wildman–Crippen MR) is 92.9 cm³/mol. The minimum Gasteiger partial charge on any atom is -0.486 e. The van der Waals surface area contributed by atoms with E-state index in [-0.39, 0.29) is 18.3 Å². The highest BCUT2D eigenvalue weighted by Crippen LogP contribution is 2.35. The maximum Gasteiger partial charge on any atom is 0.307 e. The molecule has 1 aromatic heterocycles. The molecule has 0 fully saturated rings. The Morgan fingerprint density at radius 2 is 1.96 bits per heavy atom. The molecule has 1 aliphatic heterocycles. The number of hydrogen-bond acceptors (Lipinski definition) is 6. The summed E-state index contributed by atoms with van der Waals surface area (Å²) < 4.78 is 19.0. The summed E-state index contributed by atoms with van der Waals surface area (Å²) in [6.07, 6.45) is 0.538. The Morgan fingerprint density at radius 1 is 1.24 bits per heavy atom. The second kappa shape index (κ2) is 7.69. The molecule has 0 saturated carbocycles. The number of aryl methyl sites for hydroxylation is 1. The zero-order valence-electron chi connectivity index (χ0n) is 14.2. The van der Waals surface area contributed by atoms with Crippen LogP contribution in [0.15, 0.2) is 17.1 Å². The van der Waals surface area contributed by atoms with Crippen LogP contribution in [0.5, 0.6) is 11.5 Å². The molecule has 0 spiro atoms. The molecule has 0 saturated heterocycles. The van der Waals surface area contributed by atoms with Crippen molar-refractivity contribution in [2.24, 2.45) is 4.99 Å². The van der Waals surface area contributed by atoms with Crippen molar-refractivity contribution in [3.05, 3.63) is 16.9 Å². The monoisotopic (exact) mass is 364 g/mol. The van der Waals surface area contributed by atoms with Crippen LogP contribution in [-0.4, -0.2) is 36.3 Å². The van der Waals surface area contributed by atoms with Gasteiger partial charge >= 0.3 is 5.97 Å². The van der Waals surface area contributed by atoms with Crippen LogP contribution in [-0.2, 0) is 20.9 Å². The van der Waals surface area contributed by atoms with Gasteiger partial charge in [-0.3, -0.25) is 9.59 Å². The fourth-order valence-electron chi connectivity index (χ4n) is 2.53. The maximum atomic E-state index is 11.8. The highest BCUT2D eigenvalue weighted by atomic mass is 32.1. The summed E-state index contributed by atoms with van der Waals surface area (Å²) >= 11 is 1.39. The third kappa shape index (κ3) is 3.84. The summed E-state index contributed by atoms with van der Waals surface area (Å²) in [5.74, 6) is 0.870. The normalized spacial score (nSPS) is 13.9. The number of nitrogens with zero attached hydrogens (tertiary/aromatic N) is 2. The van der Waals surface area contributed by atoms with Crippen molar-refractivity contribution in [1.29, 1.82) is 0 Å². The number of esters is 1. The topological polar surface area (TPSA) is 79.1 Å². The number of ether oxygens (including phenoxy) is 3. The molecular formula is C17H20N2O5S. The van der Waals surface area contributed by atoms with Crippen LogP contribution in [0.25, 0.3) is 10.2 Å². The lowest BCUT2D eigenvalue weighted by molar-refractivity contribution is -0.143. The van der Waals surface area contributed by atoms with Crippen LogP contribution in [0.2, 0.25) is 0 Å². The van der Waals surface area contributed by atoms with Gasteiger partial charge in [-0.2, -0.15) is 4.99 Å². The molecule has 0 atom stereocenters. The lowest BCUT2D eigenvalue weighted by Crippen LogP contribution is -2.19. The maximum absolute atomic E-state index is 11.8. The third-order valence-corrected chi connectivity index (χ3v) is 4.76.